The summed E-state index contributed by atoms with van der Waals surface area (Å²) in [4.78, 5) is 35.9. The highest BCUT2D eigenvalue weighted by Crippen LogP contribution is 2.52. The number of nitrogens with zero attached hydrogens (tertiary/aromatic N) is 3. The van der Waals surface area contributed by atoms with Gasteiger partial charge in [0.05, 0.1) is 11.8 Å². The highest BCUT2D eigenvalue weighted by atomic mass is 127. The van der Waals surface area contributed by atoms with Gasteiger partial charge in [-0.25, -0.2) is 0 Å². The van der Waals surface area contributed by atoms with E-state index in [4.69, 9.17) is 0 Å². The monoisotopic (exact) mass is 537 g/mol. The minimum Gasteiger partial charge on any atom is -0.357 e. The van der Waals surface area contributed by atoms with Crippen LogP contribution in [0.15, 0.2) is 35.5 Å². The van der Waals surface area contributed by atoms with Crippen LogP contribution in [0.4, 0.5) is 0 Å². The van der Waals surface area contributed by atoms with Crippen molar-refractivity contribution in [1.29, 1.82) is 0 Å². The normalized spacial score (nSPS) is 26.3. The molecule has 31 heavy (non-hydrogen) atoms. The number of pyridine rings is 1. The molecule has 1 saturated heterocycles. The highest BCUT2D eigenvalue weighted by molar-refractivity contribution is 14.0. The molecule has 8 heteroatoms. The number of allylic oxidation sites excluding steroid dienone is 2. The molecule has 2 aliphatic carbocycles. The number of nitrogens with one attached hydrogen (secondary N) is 2. The van der Waals surface area contributed by atoms with Crippen molar-refractivity contribution < 1.29 is 9.59 Å². The number of imide groups is 1. The van der Waals surface area contributed by atoms with Crippen LogP contribution in [-0.4, -0.2) is 53.8 Å². The second kappa shape index (κ2) is 10.6. The Bertz CT molecular complexity index is 824. The molecule has 1 saturated carbocycles. The summed E-state index contributed by atoms with van der Waals surface area (Å²) in [5.41, 5.74) is 2.20. The lowest BCUT2D eigenvalue weighted by molar-refractivity contribution is -0.140. The molecule has 2 fully saturated rings. The number of aryl methyl sites for hydroxylation is 1. The quantitative estimate of drug-likeness (QED) is 0.133. The molecule has 0 spiro atoms. The number of rotatable bonds is 8. The number of aromatic nitrogens is 1. The van der Waals surface area contributed by atoms with Crippen LogP contribution in [0, 0.1) is 30.6 Å². The lowest BCUT2D eigenvalue weighted by Crippen LogP contribution is -2.38. The first-order chi connectivity index (χ1) is 14.6. The molecule has 2 N–H and O–H groups in total. The van der Waals surface area contributed by atoms with Gasteiger partial charge in [-0.2, -0.15) is 0 Å². The van der Waals surface area contributed by atoms with Crippen LogP contribution in [0.2, 0.25) is 0 Å². The van der Waals surface area contributed by atoms with Gasteiger partial charge in [-0.15, -0.1) is 24.0 Å². The summed E-state index contributed by atoms with van der Waals surface area (Å²) in [5.74, 6) is 1.15. The summed E-state index contributed by atoms with van der Waals surface area (Å²) in [6.07, 6.45) is 8.69. The second-order valence-electron chi connectivity index (χ2n) is 8.43. The number of carbonyl (C=O) groups excluding carboxylic acids is 2. The number of likely N-dealkylation sites (tertiary alicyclic amines) is 1. The number of amides is 2. The van der Waals surface area contributed by atoms with Gasteiger partial charge < -0.3 is 10.6 Å². The van der Waals surface area contributed by atoms with E-state index in [-0.39, 0.29) is 59.5 Å². The molecule has 4 atom stereocenters. The Hall–Kier alpha value is -1.97. The summed E-state index contributed by atoms with van der Waals surface area (Å²) < 4.78 is 0. The summed E-state index contributed by atoms with van der Waals surface area (Å²) >= 11 is 0. The number of aliphatic imine (C=N–C) groups is 1. The number of hydrogen-bond acceptors (Lipinski definition) is 4. The number of halogens is 1. The zero-order chi connectivity index (χ0) is 21.1. The van der Waals surface area contributed by atoms with Crippen molar-refractivity contribution >= 4 is 41.8 Å². The summed E-state index contributed by atoms with van der Waals surface area (Å²) in [6.45, 7) is 6.58. The summed E-state index contributed by atoms with van der Waals surface area (Å²) in [7, 11) is 0. The molecule has 2 amide bonds. The van der Waals surface area contributed by atoms with Gasteiger partial charge in [-0.1, -0.05) is 18.2 Å². The zero-order valence-electron chi connectivity index (χ0n) is 18.2. The first kappa shape index (κ1) is 23.7. The summed E-state index contributed by atoms with van der Waals surface area (Å²) in [5, 5.41) is 6.58. The molecule has 2 bridgehead atoms. The van der Waals surface area contributed by atoms with Gasteiger partial charge in [0.2, 0.25) is 11.8 Å². The first-order valence-electron chi connectivity index (χ1n) is 11.1. The predicted octanol–water partition coefficient (Wildman–Crippen LogP) is 2.30. The van der Waals surface area contributed by atoms with Crippen LogP contribution in [0.3, 0.4) is 0 Å². The van der Waals surface area contributed by atoms with Crippen molar-refractivity contribution in [3.8, 4) is 0 Å². The van der Waals surface area contributed by atoms with Crippen molar-refractivity contribution in [2.75, 3.05) is 26.2 Å². The van der Waals surface area contributed by atoms with Crippen molar-refractivity contribution in [3.63, 3.8) is 0 Å². The van der Waals surface area contributed by atoms with E-state index in [1.807, 2.05) is 26.1 Å². The molecule has 168 valence electrons. The Labute approximate surface area is 201 Å². The van der Waals surface area contributed by atoms with Gasteiger partial charge in [0.25, 0.3) is 0 Å². The molecule has 1 aromatic heterocycles. The van der Waals surface area contributed by atoms with Gasteiger partial charge in [0.1, 0.15) is 0 Å². The van der Waals surface area contributed by atoms with Crippen LogP contribution >= 0.6 is 24.0 Å². The fraction of sp³-hybridized carbons (Fsp3) is 0.565. The third-order valence-corrected chi connectivity index (χ3v) is 6.39. The second-order valence-corrected chi connectivity index (χ2v) is 8.43. The van der Waals surface area contributed by atoms with Crippen molar-refractivity contribution in [3.05, 3.63) is 41.7 Å². The Morgan fingerprint density at radius 1 is 1.16 bits per heavy atom. The van der Waals surface area contributed by atoms with Gasteiger partial charge in [-0.3, -0.25) is 24.5 Å². The molecule has 4 rings (SSSR count). The Morgan fingerprint density at radius 2 is 1.87 bits per heavy atom. The van der Waals surface area contributed by atoms with Crippen LogP contribution in [0.1, 0.15) is 31.0 Å². The van der Waals surface area contributed by atoms with Crippen molar-refractivity contribution in [2.24, 2.45) is 28.7 Å². The van der Waals surface area contributed by atoms with Gasteiger partial charge in [-0.05, 0) is 56.6 Å². The number of guanidine groups is 1. The molecule has 4 unspecified atom stereocenters. The van der Waals surface area contributed by atoms with Crippen LogP contribution in [0.5, 0.6) is 0 Å². The van der Waals surface area contributed by atoms with Gasteiger partial charge in [0, 0.05) is 38.1 Å². The summed E-state index contributed by atoms with van der Waals surface area (Å²) in [6, 6.07) is 4.11. The maximum atomic E-state index is 12.7. The molecular formula is C23H32IN5O2. The Morgan fingerprint density at radius 3 is 2.48 bits per heavy atom. The smallest absolute Gasteiger partial charge is 0.233 e. The molecule has 3 aliphatic rings. The van der Waals surface area contributed by atoms with E-state index in [0.717, 1.165) is 37.6 Å². The lowest BCUT2D eigenvalue weighted by Gasteiger charge is -2.17. The molecule has 1 aromatic rings. The van der Waals surface area contributed by atoms with Gasteiger partial charge >= 0.3 is 0 Å². The van der Waals surface area contributed by atoms with Crippen LogP contribution in [0.25, 0.3) is 0 Å². The van der Waals surface area contributed by atoms with Crippen molar-refractivity contribution in [2.45, 2.75) is 33.1 Å². The van der Waals surface area contributed by atoms with Crippen molar-refractivity contribution in [1.82, 2.24) is 20.5 Å². The van der Waals surface area contributed by atoms with Crippen LogP contribution < -0.4 is 10.6 Å². The minimum atomic E-state index is -0.105. The highest BCUT2D eigenvalue weighted by Gasteiger charge is 2.58. The fourth-order valence-electron chi connectivity index (χ4n) is 4.92. The van der Waals surface area contributed by atoms with Crippen LogP contribution in [-0.2, 0) is 16.0 Å². The molecule has 2 heterocycles. The zero-order valence-corrected chi connectivity index (χ0v) is 20.5. The average Bonchev–Trinajstić information content (AvgIpc) is 3.42. The van der Waals surface area contributed by atoms with E-state index in [1.165, 1.54) is 10.5 Å². The Balaban J connectivity index is 0.00000272. The molecule has 1 aliphatic heterocycles. The third kappa shape index (κ3) is 5.10. The molecule has 0 aromatic carbocycles. The topological polar surface area (TPSA) is 86.7 Å². The first-order valence-corrected chi connectivity index (χ1v) is 11.1. The number of carbonyl (C=O) groups is 2. The number of fused-ring (bicyclic) bond motifs is 5. The van der Waals surface area contributed by atoms with E-state index < -0.39 is 0 Å². The average molecular weight is 537 g/mol. The van der Waals surface area contributed by atoms with E-state index in [9.17, 15) is 9.59 Å². The fourth-order valence-corrected chi connectivity index (χ4v) is 4.92. The molecular weight excluding hydrogens is 505 g/mol. The maximum Gasteiger partial charge on any atom is 0.233 e. The van der Waals surface area contributed by atoms with Gasteiger partial charge in [0.15, 0.2) is 5.96 Å². The largest absolute Gasteiger partial charge is 0.357 e. The SMILES string of the molecule is CCNC(=NCCCN1C(=O)C2C3C=CC(C3)C2C1=O)NCCc1ccc(C)nc1.I. The maximum absolute atomic E-state index is 12.7. The van der Waals surface area contributed by atoms with E-state index in [1.54, 1.807) is 0 Å². The lowest BCUT2D eigenvalue weighted by atomic mass is 9.85. The third-order valence-electron chi connectivity index (χ3n) is 6.39. The molecule has 7 nitrogen and oxygen atoms in total. The van der Waals surface area contributed by atoms with E-state index >= 15 is 0 Å². The molecule has 0 radical (unpaired) electrons. The van der Waals surface area contributed by atoms with E-state index in [2.05, 4.69) is 38.8 Å². The standard InChI is InChI=1S/C23H31N5O2.HI/c1-3-24-23(26-11-9-16-6-5-15(2)27-14-16)25-10-4-12-28-21(29)19-17-7-8-18(13-17)20(19)22(28)30;/h5-8,14,17-20H,3-4,9-13H2,1-2H3,(H2,24,25,26);1H. The minimum absolute atomic E-state index is 0. The number of hydrogen-bond donors (Lipinski definition) is 2. The predicted molar refractivity (Wildman–Crippen MR) is 131 cm³/mol. The Kier molecular flexibility index (Phi) is 8.07. The van der Waals surface area contributed by atoms with E-state index in [0.29, 0.717) is 19.5 Å².